The average Bonchev–Trinajstić information content (AvgIpc) is 3.01. The highest BCUT2D eigenvalue weighted by atomic mass is 16.3. The van der Waals surface area contributed by atoms with E-state index in [1.807, 2.05) is 24.4 Å². The molecule has 0 aliphatic heterocycles. The SMILES string of the molecule is CCc1cnccc1-c1cnc(N)nc1-c1ccco1. The van der Waals surface area contributed by atoms with Gasteiger partial charge in [-0.1, -0.05) is 6.92 Å². The standard InChI is InChI=1S/C15H14N4O/c1-2-10-8-17-6-5-11(10)12-9-18-15(16)19-14(12)13-4-3-7-20-13/h3-9H,2H2,1H3,(H2,16,18,19). The largest absolute Gasteiger partial charge is 0.463 e. The number of furan rings is 1. The van der Waals surface area contributed by atoms with Crippen molar-refractivity contribution in [3.05, 3.63) is 48.6 Å². The molecule has 0 fully saturated rings. The Morgan fingerprint density at radius 1 is 1.20 bits per heavy atom. The number of nitrogens with zero attached hydrogens (tertiary/aromatic N) is 3. The van der Waals surface area contributed by atoms with E-state index in [4.69, 9.17) is 10.2 Å². The molecule has 3 aromatic rings. The number of hydrogen-bond donors (Lipinski definition) is 1. The molecular formula is C15H14N4O. The number of anilines is 1. The second kappa shape index (κ2) is 5.13. The summed E-state index contributed by atoms with van der Waals surface area (Å²) in [6.07, 6.45) is 7.85. The molecule has 0 aromatic carbocycles. The van der Waals surface area contributed by atoms with Crippen LogP contribution in [0.5, 0.6) is 0 Å². The first-order chi connectivity index (χ1) is 9.79. The zero-order valence-corrected chi connectivity index (χ0v) is 11.1. The lowest BCUT2D eigenvalue weighted by atomic mass is 9.99. The highest BCUT2D eigenvalue weighted by Gasteiger charge is 2.15. The van der Waals surface area contributed by atoms with E-state index < -0.39 is 0 Å². The molecule has 0 amide bonds. The minimum absolute atomic E-state index is 0.229. The van der Waals surface area contributed by atoms with Gasteiger partial charge in [-0.25, -0.2) is 9.97 Å². The second-order valence-corrected chi connectivity index (χ2v) is 4.35. The van der Waals surface area contributed by atoms with Gasteiger partial charge in [0, 0.05) is 24.2 Å². The van der Waals surface area contributed by atoms with Gasteiger partial charge >= 0.3 is 0 Å². The summed E-state index contributed by atoms with van der Waals surface area (Å²) < 4.78 is 5.45. The number of hydrogen-bond acceptors (Lipinski definition) is 5. The third kappa shape index (κ3) is 2.14. The number of aryl methyl sites for hydroxylation is 1. The fourth-order valence-corrected chi connectivity index (χ4v) is 2.17. The summed E-state index contributed by atoms with van der Waals surface area (Å²) >= 11 is 0. The lowest BCUT2D eigenvalue weighted by Crippen LogP contribution is -1.99. The number of nitrogens with two attached hydrogens (primary N) is 1. The summed E-state index contributed by atoms with van der Waals surface area (Å²) in [5, 5.41) is 0. The summed E-state index contributed by atoms with van der Waals surface area (Å²) in [5.41, 5.74) is 9.48. The van der Waals surface area contributed by atoms with Crippen molar-refractivity contribution in [1.29, 1.82) is 0 Å². The summed E-state index contributed by atoms with van der Waals surface area (Å²) in [5.74, 6) is 0.903. The van der Waals surface area contributed by atoms with Crippen LogP contribution >= 0.6 is 0 Å². The fourth-order valence-electron chi connectivity index (χ4n) is 2.17. The van der Waals surface area contributed by atoms with Crippen LogP contribution in [0, 0.1) is 0 Å². The van der Waals surface area contributed by atoms with E-state index in [-0.39, 0.29) is 5.95 Å². The van der Waals surface area contributed by atoms with Crippen LogP contribution in [-0.4, -0.2) is 15.0 Å². The molecule has 0 radical (unpaired) electrons. The third-order valence-corrected chi connectivity index (χ3v) is 3.14. The Morgan fingerprint density at radius 3 is 2.85 bits per heavy atom. The Bertz CT molecular complexity index is 722. The van der Waals surface area contributed by atoms with E-state index >= 15 is 0 Å². The molecule has 0 spiro atoms. The van der Waals surface area contributed by atoms with Gasteiger partial charge in [-0.2, -0.15) is 0 Å². The monoisotopic (exact) mass is 266 g/mol. The van der Waals surface area contributed by atoms with Gasteiger partial charge in [-0.05, 0) is 35.7 Å². The number of pyridine rings is 1. The van der Waals surface area contributed by atoms with Crippen LogP contribution in [0.1, 0.15) is 12.5 Å². The molecule has 0 aliphatic rings. The Hall–Kier alpha value is -2.69. The summed E-state index contributed by atoms with van der Waals surface area (Å²) in [4.78, 5) is 12.6. The lowest BCUT2D eigenvalue weighted by Gasteiger charge is -2.10. The van der Waals surface area contributed by atoms with Crippen molar-refractivity contribution in [2.24, 2.45) is 0 Å². The van der Waals surface area contributed by atoms with Gasteiger partial charge in [0.2, 0.25) is 5.95 Å². The van der Waals surface area contributed by atoms with E-state index in [9.17, 15) is 0 Å². The first-order valence-electron chi connectivity index (χ1n) is 6.39. The Morgan fingerprint density at radius 2 is 2.10 bits per heavy atom. The van der Waals surface area contributed by atoms with Crippen LogP contribution in [0.2, 0.25) is 0 Å². The van der Waals surface area contributed by atoms with E-state index in [1.165, 1.54) is 0 Å². The van der Waals surface area contributed by atoms with Crippen LogP contribution < -0.4 is 5.73 Å². The maximum atomic E-state index is 5.71. The summed E-state index contributed by atoms with van der Waals surface area (Å²) in [6.45, 7) is 2.09. The maximum absolute atomic E-state index is 5.71. The zero-order chi connectivity index (χ0) is 13.9. The van der Waals surface area contributed by atoms with Gasteiger partial charge in [0.05, 0.1) is 6.26 Å². The predicted molar refractivity (Wildman–Crippen MR) is 76.8 cm³/mol. The molecule has 3 aromatic heterocycles. The van der Waals surface area contributed by atoms with Crippen molar-refractivity contribution in [1.82, 2.24) is 15.0 Å². The molecule has 3 heterocycles. The quantitative estimate of drug-likeness (QED) is 0.788. The molecule has 20 heavy (non-hydrogen) atoms. The Labute approximate surface area is 116 Å². The van der Waals surface area contributed by atoms with E-state index in [0.29, 0.717) is 11.5 Å². The predicted octanol–water partition coefficient (Wildman–Crippen LogP) is 2.94. The number of nitrogen functional groups attached to an aromatic ring is 1. The van der Waals surface area contributed by atoms with Crippen molar-refractivity contribution in [3.8, 4) is 22.6 Å². The van der Waals surface area contributed by atoms with E-state index in [2.05, 4.69) is 21.9 Å². The summed E-state index contributed by atoms with van der Waals surface area (Å²) in [7, 11) is 0. The maximum Gasteiger partial charge on any atom is 0.220 e. The first kappa shape index (κ1) is 12.3. The third-order valence-electron chi connectivity index (χ3n) is 3.14. The molecule has 0 saturated heterocycles. The van der Waals surface area contributed by atoms with Gasteiger partial charge in [-0.15, -0.1) is 0 Å². The van der Waals surface area contributed by atoms with E-state index in [0.717, 1.165) is 23.1 Å². The molecule has 5 heteroatoms. The second-order valence-electron chi connectivity index (χ2n) is 4.35. The van der Waals surface area contributed by atoms with Crippen molar-refractivity contribution >= 4 is 5.95 Å². The van der Waals surface area contributed by atoms with Crippen LogP contribution in [-0.2, 0) is 6.42 Å². The fraction of sp³-hybridized carbons (Fsp3) is 0.133. The van der Waals surface area contributed by atoms with Gasteiger partial charge in [0.15, 0.2) is 5.76 Å². The molecule has 0 bridgehead atoms. The molecule has 0 unspecified atom stereocenters. The minimum Gasteiger partial charge on any atom is -0.463 e. The highest BCUT2D eigenvalue weighted by Crippen LogP contribution is 2.32. The highest BCUT2D eigenvalue weighted by molar-refractivity contribution is 5.80. The van der Waals surface area contributed by atoms with Crippen molar-refractivity contribution in [2.75, 3.05) is 5.73 Å². The van der Waals surface area contributed by atoms with Crippen LogP contribution in [0.4, 0.5) is 5.95 Å². The molecule has 100 valence electrons. The average molecular weight is 266 g/mol. The van der Waals surface area contributed by atoms with Crippen LogP contribution in [0.25, 0.3) is 22.6 Å². The zero-order valence-electron chi connectivity index (χ0n) is 11.1. The van der Waals surface area contributed by atoms with Crippen molar-refractivity contribution in [2.45, 2.75) is 13.3 Å². The topological polar surface area (TPSA) is 77.8 Å². The molecular weight excluding hydrogens is 252 g/mol. The molecule has 0 aliphatic carbocycles. The molecule has 2 N–H and O–H groups in total. The van der Waals surface area contributed by atoms with Crippen LogP contribution in [0.15, 0.2) is 47.5 Å². The van der Waals surface area contributed by atoms with Gasteiger partial charge in [-0.3, -0.25) is 4.98 Å². The molecule has 0 atom stereocenters. The van der Waals surface area contributed by atoms with Gasteiger partial charge in [0.25, 0.3) is 0 Å². The lowest BCUT2D eigenvalue weighted by molar-refractivity contribution is 0.580. The van der Waals surface area contributed by atoms with Crippen LogP contribution in [0.3, 0.4) is 0 Å². The van der Waals surface area contributed by atoms with Crippen molar-refractivity contribution < 1.29 is 4.42 Å². The first-order valence-corrected chi connectivity index (χ1v) is 6.39. The molecule has 5 nitrogen and oxygen atoms in total. The molecule has 0 saturated carbocycles. The Kier molecular flexibility index (Phi) is 3.16. The van der Waals surface area contributed by atoms with Gasteiger partial charge < -0.3 is 10.2 Å². The smallest absolute Gasteiger partial charge is 0.220 e. The van der Waals surface area contributed by atoms with Gasteiger partial charge in [0.1, 0.15) is 5.69 Å². The minimum atomic E-state index is 0.229. The number of rotatable bonds is 3. The van der Waals surface area contributed by atoms with Crippen molar-refractivity contribution in [3.63, 3.8) is 0 Å². The summed E-state index contributed by atoms with van der Waals surface area (Å²) in [6, 6.07) is 5.64. The normalized spacial score (nSPS) is 10.7. The van der Waals surface area contributed by atoms with E-state index in [1.54, 1.807) is 18.7 Å². The Balaban J connectivity index is 2.24. The molecule has 3 rings (SSSR count). The number of aromatic nitrogens is 3.